The van der Waals surface area contributed by atoms with Crippen molar-refractivity contribution in [3.05, 3.63) is 0 Å². The first-order valence-electron chi connectivity index (χ1n) is 5.33. The highest BCUT2D eigenvalue weighted by atomic mass is 15.3. The summed E-state index contributed by atoms with van der Waals surface area (Å²) in [5.74, 6) is 0. The van der Waals surface area contributed by atoms with Crippen molar-refractivity contribution in [3.63, 3.8) is 0 Å². The predicted molar refractivity (Wildman–Crippen MR) is 56.8 cm³/mol. The molecule has 1 aliphatic rings. The first-order chi connectivity index (χ1) is 6.19. The third-order valence-corrected chi connectivity index (χ3v) is 3.16. The molecule has 78 valence electrons. The number of hydrogen-bond donors (Lipinski definition) is 1. The lowest BCUT2D eigenvalue weighted by Crippen LogP contribution is -2.57. The van der Waals surface area contributed by atoms with E-state index in [0.717, 1.165) is 13.1 Å². The van der Waals surface area contributed by atoms with E-state index in [9.17, 15) is 0 Å². The number of hydrogen-bond acceptors (Lipinski definition) is 3. The molecular formula is C10H23N3. The zero-order valence-corrected chi connectivity index (χ0v) is 9.16. The molecule has 1 aliphatic heterocycles. The van der Waals surface area contributed by atoms with Crippen molar-refractivity contribution in [2.75, 3.05) is 33.2 Å². The van der Waals surface area contributed by atoms with Crippen LogP contribution in [-0.2, 0) is 0 Å². The number of piperazine rings is 1. The minimum absolute atomic E-state index is 0.564. The summed E-state index contributed by atoms with van der Waals surface area (Å²) >= 11 is 0. The minimum Gasteiger partial charge on any atom is -0.329 e. The third kappa shape index (κ3) is 2.66. The zero-order chi connectivity index (χ0) is 9.84. The van der Waals surface area contributed by atoms with Gasteiger partial charge < -0.3 is 10.6 Å². The highest BCUT2D eigenvalue weighted by molar-refractivity contribution is 4.84. The summed E-state index contributed by atoms with van der Waals surface area (Å²) in [6, 6.07) is 1.25. The van der Waals surface area contributed by atoms with Gasteiger partial charge in [-0.2, -0.15) is 0 Å². The van der Waals surface area contributed by atoms with Gasteiger partial charge in [0.25, 0.3) is 0 Å². The Morgan fingerprint density at radius 3 is 2.69 bits per heavy atom. The predicted octanol–water partition coefficient (Wildman–Crippen LogP) is 0.360. The molecule has 1 rings (SSSR count). The Bertz CT molecular complexity index is 149. The fraction of sp³-hybridized carbons (Fsp3) is 1.00. The molecule has 0 aliphatic carbocycles. The molecule has 2 atom stereocenters. The monoisotopic (exact) mass is 185 g/mol. The van der Waals surface area contributed by atoms with Gasteiger partial charge in [-0.05, 0) is 20.4 Å². The van der Waals surface area contributed by atoms with E-state index in [2.05, 4.69) is 30.7 Å². The van der Waals surface area contributed by atoms with Crippen LogP contribution in [0.3, 0.4) is 0 Å². The van der Waals surface area contributed by atoms with E-state index in [1.807, 2.05) is 0 Å². The molecule has 0 aromatic carbocycles. The first-order valence-corrected chi connectivity index (χ1v) is 5.33. The maximum atomic E-state index is 5.78. The molecule has 3 nitrogen and oxygen atoms in total. The van der Waals surface area contributed by atoms with Crippen LogP contribution < -0.4 is 5.73 Å². The van der Waals surface area contributed by atoms with Crippen LogP contribution >= 0.6 is 0 Å². The van der Waals surface area contributed by atoms with Gasteiger partial charge in [-0.15, -0.1) is 0 Å². The van der Waals surface area contributed by atoms with Gasteiger partial charge >= 0.3 is 0 Å². The molecule has 2 unspecified atom stereocenters. The molecule has 0 amide bonds. The lowest BCUT2D eigenvalue weighted by atomic mass is 10.1. The molecule has 0 spiro atoms. The van der Waals surface area contributed by atoms with Gasteiger partial charge in [-0.25, -0.2) is 0 Å². The second-order valence-corrected chi connectivity index (χ2v) is 4.15. The average Bonchev–Trinajstić information content (AvgIpc) is 2.16. The van der Waals surface area contributed by atoms with Crippen molar-refractivity contribution in [1.82, 2.24) is 9.80 Å². The van der Waals surface area contributed by atoms with Crippen molar-refractivity contribution in [3.8, 4) is 0 Å². The molecule has 0 aromatic heterocycles. The van der Waals surface area contributed by atoms with E-state index < -0.39 is 0 Å². The maximum absolute atomic E-state index is 5.78. The van der Waals surface area contributed by atoms with Crippen molar-refractivity contribution < 1.29 is 0 Å². The van der Waals surface area contributed by atoms with Crippen LogP contribution in [0.15, 0.2) is 0 Å². The van der Waals surface area contributed by atoms with Crippen molar-refractivity contribution >= 4 is 0 Å². The average molecular weight is 185 g/mol. The van der Waals surface area contributed by atoms with E-state index in [1.165, 1.54) is 19.5 Å². The van der Waals surface area contributed by atoms with E-state index in [-0.39, 0.29) is 0 Å². The molecule has 3 heteroatoms. The fourth-order valence-electron chi connectivity index (χ4n) is 2.05. The summed E-state index contributed by atoms with van der Waals surface area (Å²) in [4.78, 5) is 4.93. The van der Waals surface area contributed by atoms with Crippen LogP contribution in [0.5, 0.6) is 0 Å². The molecule has 0 aromatic rings. The Labute approximate surface area is 81.9 Å². The quantitative estimate of drug-likeness (QED) is 0.689. The molecule has 0 bridgehead atoms. The van der Waals surface area contributed by atoms with Gasteiger partial charge in [0.1, 0.15) is 0 Å². The second kappa shape index (κ2) is 4.94. The number of likely N-dealkylation sites (N-methyl/N-ethyl adjacent to an activating group) is 1. The molecule has 0 saturated carbocycles. The molecule has 13 heavy (non-hydrogen) atoms. The standard InChI is InChI=1S/C10H23N3/c1-4-9(2)13-6-5-12(3)8-10(13)7-11/h9-10H,4-8,11H2,1-3H3. The largest absolute Gasteiger partial charge is 0.329 e. The summed E-state index contributed by atoms with van der Waals surface area (Å²) in [5, 5.41) is 0. The molecule has 1 fully saturated rings. The minimum atomic E-state index is 0.564. The fourth-order valence-corrected chi connectivity index (χ4v) is 2.05. The maximum Gasteiger partial charge on any atom is 0.0348 e. The summed E-state index contributed by atoms with van der Waals surface area (Å²) in [6.45, 7) is 8.81. The molecule has 1 saturated heterocycles. The Hall–Kier alpha value is -0.120. The van der Waals surface area contributed by atoms with Gasteiger partial charge in [0, 0.05) is 38.3 Å². The van der Waals surface area contributed by atoms with Crippen LogP contribution in [0, 0.1) is 0 Å². The second-order valence-electron chi connectivity index (χ2n) is 4.15. The summed E-state index contributed by atoms with van der Waals surface area (Å²) in [5.41, 5.74) is 5.78. The highest BCUT2D eigenvalue weighted by Crippen LogP contribution is 2.13. The van der Waals surface area contributed by atoms with Gasteiger partial charge in [-0.3, -0.25) is 4.90 Å². The van der Waals surface area contributed by atoms with Crippen molar-refractivity contribution in [2.45, 2.75) is 32.4 Å². The number of nitrogens with two attached hydrogens (primary N) is 1. The van der Waals surface area contributed by atoms with Crippen LogP contribution in [0.25, 0.3) is 0 Å². The highest BCUT2D eigenvalue weighted by Gasteiger charge is 2.26. The van der Waals surface area contributed by atoms with Gasteiger partial charge in [0.2, 0.25) is 0 Å². The lowest BCUT2D eigenvalue weighted by molar-refractivity contribution is 0.0611. The van der Waals surface area contributed by atoms with E-state index in [0.29, 0.717) is 12.1 Å². The number of rotatable bonds is 3. The number of nitrogens with zero attached hydrogens (tertiary/aromatic N) is 2. The topological polar surface area (TPSA) is 32.5 Å². The Morgan fingerprint density at radius 1 is 1.46 bits per heavy atom. The van der Waals surface area contributed by atoms with Crippen molar-refractivity contribution in [2.24, 2.45) is 5.73 Å². The molecular weight excluding hydrogens is 162 g/mol. The molecule has 2 N–H and O–H groups in total. The van der Waals surface area contributed by atoms with E-state index >= 15 is 0 Å². The smallest absolute Gasteiger partial charge is 0.0348 e. The SMILES string of the molecule is CCC(C)N1CCN(C)CC1CN. The van der Waals surface area contributed by atoms with Crippen molar-refractivity contribution in [1.29, 1.82) is 0 Å². The first kappa shape index (κ1) is 11.0. The Balaban J connectivity index is 2.52. The summed E-state index contributed by atoms with van der Waals surface area (Å²) < 4.78 is 0. The van der Waals surface area contributed by atoms with E-state index in [1.54, 1.807) is 0 Å². The van der Waals surface area contributed by atoms with Gasteiger partial charge in [0.15, 0.2) is 0 Å². The third-order valence-electron chi connectivity index (χ3n) is 3.16. The van der Waals surface area contributed by atoms with Crippen LogP contribution in [0.1, 0.15) is 20.3 Å². The Kier molecular flexibility index (Phi) is 4.16. The molecule has 0 radical (unpaired) electrons. The van der Waals surface area contributed by atoms with Gasteiger partial charge in [0.05, 0.1) is 0 Å². The van der Waals surface area contributed by atoms with E-state index in [4.69, 9.17) is 5.73 Å². The van der Waals surface area contributed by atoms with Crippen LogP contribution in [0.4, 0.5) is 0 Å². The normalized spacial score (nSPS) is 29.1. The summed E-state index contributed by atoms with van der Waals surface area (Å²) in [7, 11) is 2.18. The lowest BCUT2D eigenvalue weighted by Gasteiger charge is -2.42. The summed E-state index contributed by atoms with van der Waals surface area (Å²) in [6.07, 6.45) is 1.22. The molecule has 1 heterocycles. The Morgan fingerprint density at radius 2 is 2.15 bits per heavy atom. The van der Waals surface area contributed by atoms with Gasteiger partial charge in [-0.1, -0.05) is 6.92 Å². The van der Waals surface area contributed by atoms with Crippen LogP contribution in [0.2, 0.25) is 0 Å². The van der Waals surface area contributed by atoms with Crippen LogP contribution in [-0.4, -0.2) is 55.1 Å². The zero-order valence-electron chi connectivity index (χ0n) is 9.16.